The Kier molecular flexibility index (Phi) is 7.87. The van der Waals surface area contributed by atoms with Crippen molar-refractivity contribution in [3.8, 4) is 0 Å². The minimum Gasteiger partial charge on any atom is -0.379 e. The van der Waals surface area contributed by atoms with Crippen LogP contribution in [-0.2, 0) is 17.5 Å². The summed E-state index contributed by atoms with van der Waals surface area (Å²) in [5.74, 6) is 0. The normalized spacial score (nSPS) is 15.1. The van der Waals surface area contributed by atoms with Crippen LogP contribution in [-0.4, -0.2) is 59.3 Å². The summed E-state index contributed by atoms with van der Waals surface area (Å²) in [6.45, 7) is 4.93. The van der Waals surface area contributed by atoms with Crippen molar-refractivity contribution in [2.45, 2.75) is 12.7 Å². The second-order valence-corrected chi connectivity index (χ2v) is 7.65. The van der Waals surface area contributed by atoms with E-state index in [0.717, 1.165) is 31.3 Å². The highest BCUT2D eigenvalue weighted by atomic mass is 35.5. The zero-order valence-corrected chi connectivity index (χ0v) is 17.7. The summed E-state index contributed by atoms with van der Waals surface area (Å²) in [6.07, 6.45) is -1.11. The van der Waals surface area contributed by atoms with E-state index in [-0.39, 0.29) is 10.7 Å². The van der Waals surface area contributed by atoms with Crippen molar-refractivity contribution >= 4 is 34.6 Å². The van der Waals surface area contributed by atoms with Crippen molar-refractivity contribution in [3.63, 3.8) is 0 Å². The molecule has 3 rings (SSSR count). The summed E-state index contributed by atoms with van der Waals surface area (Å²) in [5, 5.41) is 2.91. The van der Waals surface area contributed by atoms with Crippen LogP contribution in [0.2, 0.25) is 5.02 Å². The van der Waals surface area contributed by atoms with Crippen molar-refractivity contribution in [1.29, 1.82) is 0 Å². The van der Waals surface area contributed by atoms with E-state index >= 15 is 0 Å². The molecule has 162 valence electrons. The second kappa shape index (κ2) is 10.4. The van der Waals surface area contributed by atoms with Gasteiger partial charge in [0.25, 0.3) is 0 Å². The number of nitrogens with zero attached hydrogens (tertiary/aromatic N) is 3. The van der Waals surface area contributed by atoms with Gasteiger partial charge in [0, 0.05) is 50.8 Å². The summed E-state index contributed by atoms with van der Waals surface area (Å²) in [6, 6.07) is 7.43. The molecule has 1 N–H and O–H groups in total. The zero-order chi connectivity index (χ0) is 21.6. The Labute approximate surface area is 183 Å². The molecular formula is C20H22ClF3N4OS. The van der Waals surface area contributed by atoms with E-state index in [2.05, 4.69) is 15.2 Å². The summed E-state index contributed by atoms with van der Waals surface area (Å²) in [4.78, 5) is 8.31. The lowest BCUT2D eigenvalue weighted by Gasteiger charge is -2.31. The molecule has 1 saturated heterocycles. The molecule has 1 aliphatic heterocycles. The number of ether oxygens (including phenoxy) is 1. The van der Waals surface area contributed by atoms with Gasteiger partial charge in [-0.25, -0.2) is 0 Å². The molecule has 1 aromatic carbocycles. The van der Waals surface area contributed by atoms with Crippen LogP contribution in [0.1, 0.15) is 11.1 Å². The van der Waals surface area contributed by atoms with Crippen molar-refractivity contribution < 1.29 is 17.9 Å². The van der Waals surface area contributed by atoms with Crippen molar-refractivity contribution in [2.24, 2.45) is 0 Å². The number of aromatic nitrogens is 1. The highest BCUT2D eigenvalue weighted by Gasteiger charge is 2.33. The third kappa shape index (κ3) is 6.53. The topological polar surface area (TPSA) is 40.6 Å². The molecular weight excluding hydrogens is 437 g/mol. The van der Waals surface area contributed by atoms with Gasteiger partial charge in [-0.1, -0.05) is 17.7 Å². The number of anilines is 1. The van der Waals surface area contributed by atoms with Crippen LogP contribution < -0.4 is 5.32 Å². The fourth-order valence-corrected chi connectivity index (χ4v) is 3.57. The van der Waals surface area contributed by atoms with Crippen molar-refractivity contribution in [2.75, 3.05) is 44.7 Å². The molecule has 1 aliphatic rings. The third-order valence-electron chi connectivity index (χ3n) is 4.70. The highest BCUT2D eigenvalue weighted by Crippen LogP contribution is 2.36. The molecule has 10 heteroatoms. The molecule has 1 fully saturated rings. The van der Waals surface area contributed by atoms with Crippen molar-refractivity contribution in [3.05, 3.63) is 58.9 Å². The third-order valence-corrected chi connectivity index (χ3v) is 5.39. The molecule has 2 heterocycles. The van der Waals surface area contributed by atoms with Crippen LogP contribution in [0.5, 0.6) is 0 Å². The number of benzene rings is 1. The van der Waals surface area contributed by atoms with Gasteiger partial charge in [0.2, 0.25) is 0 Å². The van der Waals surface area contributed by atoms with Gasteiger partial charge >= 0.3 is 6.18 Å². The monoisotopic (exact) mass is 458 g/mol. The minimum atomic E-state index is -4.54. The van der Waals surface area contributed by atoms with E-state index in [9.17, 15) is 13.2 Å². The lowest BCUT2D eigenvalue weighted by molar-refractivity contribution is -0.137. The molecule has 0 radical (unpaired) electrons. The Hall–Kier alpha value is -1.94. The van der Waals surface area contributed by atoms with E-state index in [0.29, 0.717) is 31.4 Å². The predicted octanol–water partition coefficient (Wildman–Crippen LogP) is 4.29. The van der Waals surface area contributed by atoms with Gasteiger partial charge in [-0.3, -0.25) is 9.88 Å². The van der Waals surface area contributed by atoms with Gasteiger partial charge in [0.05, 0.1) is 23.8 Å². The van der Waals surface area contributed by atoms with Crippen LogP contribution >= 0.6 is 23.8 Å². The van der Waals surface area contributed by atoms with Crippen LogP contribution in [0.4, 0.5) is 18.9 Å². The fourth-order valence-electron chi connectivity index (χ4n) is 3.07. The Morgan fingerprint density at radius 2 is 2.03 bits per heavy atom. The number of halogens is 4. The molecule has 0 bridgehead atoms. The van der Waals surface area contributed by atoms with E-state index in [1.165, 1.54) is 12.1 Å². The van der Waals surface area contributed by atoms with Gasteiger partial charge in [-0.2, -0.15) is 13.2 Å². The Bertz CT molecular complexity index is 848. The van der Waals surface area contributed by atoms with Crippen LogP contribution in [0, 0.1) is 0 Å². The Balaban J connectivity index is 1.72. The molecule has 2 aromatic rings. The summed E-state index contributed by atoms with van der Waals surface area (Å²) >= 11 is 11.2. The number of nitrogens with one attached hydrogen (secondary N) is 1. The second-order valence-electron chi connectivity index (χ2n) is 6.86. The van der Waals surface area contributed by atoms with E-state index in [1.807, 2.05) is 17.0 Å². The predicted molar refractivity (Wildman–Crippen MR) is 115 cm³/mol. The lowest BCUT2D eigenvalue weighted by atomic mass is 10.2. The largest absolute Gasteiger partial charge is 0.417 e. The Morgan fingerprint density at radius 3 is 2.70 bits per heavy atom. The van der Waals surface area contributed by atoms with Crippen LogP contribution in [0.25, 0.3) is 0 Å². The average Bonchev–Trinajstić information content (AvgIpc) is 2.73. The molecule has 1 aromatic heterocycles. The molecule has 0 atom stereocenters. The number of rotatable bonds is 6. The van der Waals surface area contributed by atoms with Crippen LogP contribution in [0.3, 0.4) is 0 Å². The van der Waals surface area contributed by atoms with E-state index in [1.54, 1.807) is 12.4 Å². The first-order valence-electron chi connectivity index (χ1n) is 9.44. The molecule has 0 amide bonds. The first kappa shape index (κ1) is 22.7. The number of pyridine rings is 1. The summed E-state index contributed by atoms with van der Waals surface area (Å²) in [5.41, 5.74) is 0.291. The van der Waals surface area contributed by atoms with Gasteiger partial charge < -0.3 is 15.0 Å². The molecule has 5 nitrogen and oxygen atoms in total. The lowest BCUT2D eigenvalue weighted by Crippen LogP contribution is -2.44. The number of hydrogen-bond donors (Lipinski definition) is 1. The first-order chi connectivity index (χ1) is 14.3. The van der Waals surface area contributed by atoms with E-state index in [4.69, 9.17) is 28.6 Å². The van der Waals surface area contributed by atoms with Gasteiger partial charge in [-0.15, -0.1) is 0 Å². The molecule has 30 heavy (non-hydrogen) atoms. The van der Waals surface area contributed by atoms with Crippen molar-refractivity contribution in [1.82, 2.24) is 14.8 Å². The molecule has 0 aliphatic carbocycles. The fraction of sp³-hybridized carbons (Fsp3) is 0.400. The summed E-state index contributed by atoms with van der Waals surface area (Å²) < 4.78 is 44.9. The van der Waals surface area contributed by atoms with Gasteiger partial charge in [0.1, 0.15) is 0 Å². The number of morpholine rings is 1. The highest BCUT2D eigenvalue weighted by molar-refractivity contribution is 7.80. The van der Waals surface area contributed by atoms with Crippen LogP contribution in [0.15, 0.2) is 42.7 Å². The number of hydrogen-bond acceptors (Lipinski definition) is 4. The SMILES string of the molecule is FC(F)(F)c1cc(NC(=S)N(CCN2CCOCC2)Cc2cccnc2)ccc1Cl. The quantitative estimate of drug-likeness (QED) is 0.651. The first-order valence-corrected chi connectivity index (χ1v) is 10.2. The maximum Gasteiger partial charge on any atom is 0.417 e. The zero-order valence-electron chi connectivity index (χ0n) is 16.2. The smallest absolute Gasteiger partial charge is 0.379 e. The van der Waals surface area contributed by atoms with Gasteiger partial charge in [0.15, 0.2) is 5.11 Å². The average molecular weight is 459 g/mol. The standard InChI is InChI=1S/C20H22ClF3N4OS/c21-18-4-3-16(12-17(18)20(22,23)24)26-19(30)28(14-15-2-1-5-25-13-15)7-6-27-8-10-29-11-9-27/h1-5,12-13H,6-11,14H2,(H,26,30). The molecule has 0 saturated carbocycles. The van der Waals surface area contributed by atoms with Gasteiger partial charge in [-0.05, 0) is 42.0 Å². The number of thiocarbonyl (C=S) groups is 1. The minimum absolute atomic E-state index is 0.235. The summed E-state index contributed by atoms with van der Waals surface area (Å²) in [7, 11) is 0. The maximum atomic E-state index is 13.2. The molecule has 0 unspecified atom stereocenters. The maximum absolute atomic E-state index is 13.2. The number of alkyl halides is 3. The van der Waals surface area contributed by atoms with E-state index < -0.39 is 11.7 Å². The Morgan fingerprint density at radius 1 is 1.27 bits per heavy atom. The molecule has 0 spiro atoms.